The zero-order valence-electron chi connectivity index (χ0n) is 17.2. The van der Waals surface area contributed by atoms with Gasteiger partial charge in [-0.25, -0.2) is 13.1 Å². The molecule has 166 valence electrons. The van der Waals surface area contributed by atoms with Crippen molar-refractivity contribution in [1.29, 1.82) is 0 Å². The highest BCUT2D eigenvalue weighted by molar-refractivity contribution is 7.89. The van der Waals surface area contributed by atoms with Gasteiger partial charge in [-0.3, -0.25) is 4.79 Å². The Balaban J connectivity index is 1.32. The average Bonchev–Trinajstić information content (AvgIpc) is 3.58. The number of benzene rings is 2. The number of carbonyl (C=O) groups excluding carboxylic acids is 1. The lowest BCUT2D eigenvalue weighted by Gasteiger charge is -2.24. The van der Waals surface area contributed by atoms with Crippen molar-refractivity contribution in [2.75, 3.05) is 13.3 Å². The maximum absolute atomic E-state index is 13.2. The molecule has 1 N–H and O–H groups in total. The molecule has 3 aromatic rings. The molecule has 0 radical (unpaired) electrons. The number of rotatable bonds is 6. The van der Waals surface area contributed by atoms with E-state index in [1.165, 1.54) is 12.1 Å². The SMILES string of the molecule is O=C(c1cccc(S(=O)(=O)NCc2ccc3c(c2)OCO3)c1)N1CCC[C@@H]1c1cccs1. The van der Waals surface area contributed by atoms with E-state index in [2.05, 4.69) is 4.72 Å². The monoisotopic (exact) mass is 470 g/mol. The van der Waals surface area contributed by atoms with E-state index in [1.807, 2.05) is 22.4 Å². The van der Waals surface area contributed by atoms with Crippen LogP contribution < -0.4 is 14.2 Å². The zero-order valence-corrected chi connectivity index (χ0v) is 18.8. The average molecular weight is 471 g/mol. The van der Waals surface area contributed by atoms with Gasteiger partial charge in [0.05, 0.1) is 10.9 Å². The number of sulfonamides is 1. The lowest BCUT2D eigenvalue weighted by molar-refractivity contribution is 0.0737. The number of hydrogen-bond donors (Lipinski definition) is 1. The molecule has 0 bridgehead atoms. The van der Waals surface area contributed by atoms with Crippen molar-refractivity contribution < 1.29 is 22.7 Å². The van der Waals surface area contributed by atoms with E-state index in [0.29, 0.717) is 23.6 Å². The molecule has 3 heterocycles. The predicted octanol–water partition coefficient (Wildman–Crippen LogP) is 3.93. The minimum absolute atomic E-state index is 0.0481. The van der Waals surface area contributed by atoms with Crippen molar-refractivity contribution in [3.05, 3.63) is 76.0 Å². The van der Waals surface area contributed by atoms with Gasteiger partial charge in [-0.15, -0.1) is 11.3 Å². The number of nitrogens with one attached hydrogen (secondary N) is 1. The molecule has 32 heavy (non-hydrogen) atoms. The number of thiophene rings is 1. The number of ether oxygens (including phenoxy) is 2. The first-order valence-corrected chi connectivity index (χ1v) is 12.7. The van der Waals surface area contributed by atoms with Gasteiger partial charge in [-0.05, 0) is 60.2 Å². The van der Waals surface area contributed by atoms with Crippen LogP contribution in [0.4, 0.5) is 0 Å². The highest BCUT2D eigenvalue weighted by atomic mass is 32.2. The molecule has 2 aromatic carbocycles. The molecule has 0 aliphatic carbocycles. The van der Waals surface area contributed by atoms with Gasteiger partial charge >= 0.3 is 0 Å². The van der Waals surface area contributed by atoms with Gasteiger partial charge in [0.25, 0.3) is 5.91 Å². The summed E-state index contributed by atoms with van der Waals surface area (Å²) in [5.41, 5.74) is 1.13. The second-order valence-corrected chi connectivity index (χ2v) is 10.5. The summed E-state index contributed by atoms with van der Waals surface area (Å²) in [6.07, 6.45) is 1.85. The van der Waals surface area contributed by atoms with Crippen LogP contribution in [0, 0.1) is 0 Å². The quantitative estimate of drug-likeness (QED) is 0.590. The highest BCUT2D eigenvalue weighted by Gasteiger charge is 2.31. The van der Waals surface area contributed by atoms with Crippen LogP contribution in [0.2, 0.25) is 0 Å². The normalized spacial score (nSPS) is 17.6. The predicted molar refractivity (Wildman–Crippen MR) is 120 cm³/mol. The van der Waals surface area contributed by atoms with E-state index in [-0.39, 0.29) is 30.2 Å². The summed E-state index contributed by atoms with van der Waals surface area (Å²) in [6, 6.07) is 15.6. The van der Waals surface area contributed by atoms with E-state index in [4.69, 9.17) is 9.47 Å². The third-order valence-corrected chi connectivity index (χ3v) is 8.05. The molecule has 9 heteroatoms. The summed E-state index contributed by atoms with van der Waals surface area (Å²) in [5, 5.41) is 2.01. The number of fused-ring (bicyclic) bond motifs is 1. The summed E-state index contributed by atoms with van der Waals surface area (Å²) in [4.78, 5) is 16.3. The minimum Gasteiger partial charge on any atom is -0.454 e. The molecule has 1 aromatic heterocycles. The number of likely N-dealkylation sites (tertiary alicyclic amines) is 1. The van der Waals surface area contributed by atoms with Gasteiger partial charge in [0.2, 0.25) is 16.8 Å². The third-order valence-electron chi connectivity index (χ3n) is 5.68. The first-order chi connectivity index (χ1) is 15.5. The summed E-state index contributed by atoms with van der Waals surface area (Å²) in [5.74, 6) is 1.10. The van der Waals surface area contributed by atoms with E-state index < -0.39 is 10.0 Å². The topological polar surface area (TPSA) is 84.9 Å². The largest absolute Gasteiger partial charge is 0.454 e. The van der Waals surface area contributed by atoms with E-state index in [0.717, 1.165) is 23.3 Å². The number of carbonyl (C=O) groups is 1. The van der Waals surface area contributed by atoms with Crippen molar-refractivity contribution in [2.45, 2.75) is 30.3 Å². The molecule has 1 saturated heterocycles. The molecule has 1 fully saturated rings. The Bertz CT molecular complexity index is 1240. The van der Waals surface area contributed by atoms with E-state index in [1.54, 1.807) is 41.7 Å². The first-order valence-electron chi connectivity index (χ1n) is 10.3. The Kier molecular flexibility index (Phi) is 5.62. The summed E-state index contributed by atoms with van der Waals surface area (Å²) in [7, 11) is -3.80. The third kappa shape index (κ3) is 4.11. The van der Waals surface area contributed by atoms with Gasteiger partial charge in [-0.2, -0.15) is 0 Å². The van der Waals surface area contributed by atoms with Crippen LogP contribution in [-0.2, 0) is 16.6 Å². The van der Waals surface area contributed by atoms with Crippen molar-refractivity contribution in [3.8, 4) is 11.5 Å². The van der Waals surface area contributed by atoms with Crippen LogP contribution in [0.15, 0.2) is 64.9 Å². The van der Waals surface area contributed by atoms with Crippen molar-refractivity contribution in [1.82, 2.24) is 9.62 Å². The fourth-order valence-electron chi connectivity index (χ4n) is 4.06. The Hall–Kier alpha value is -2.88. The Morgan fingerprint density at radius 2 is 1.97 bits per heavy atom. The Morgan fingerprint density at radius 3 is 2.81 bits per heavy atom. The van der Waals surface area contributed by atoms with E-state index >= 15 is 0 Å². The number of nitrogens with zero attached hydrogens (tertiary/aromatic N) is 1. The van der Waals surface area contributed by atoms with Crippen molar-refractivity contribution >= 4 is 27.3 Å². The number of amides is 1. The molecule has 1 atom stereocenters. The van der Waals surface area contributed by atoms with Gasteiger partial charge in [0.15, 0.2) is 11.5 Å². The lowest BCUT2D eigenvalue weighted by Crippen LogP contribution is -2.30. The summed E-state index contributed by atoms with van der Waals surface area (Å²) < 4.78 is 39.0. The second kappa shape index (κ2) is 8.57. The smallest absolute Gasteiger partial charge is 0.254 e. The summed E-state index contributed by atoms with van der Waals surface area (Å²) in [6.45, 7) is 0.931. The van der Waals surface area contributed by atoms with Crippen LogP contribution in [0.1, 0.15) is 39.7 Å². The molecule has 7 nitrogen and oxygen atoms in total. The van der Waals surface area contributed by atoms with Crippen molar-refractivity contribution in [3.63, 3.8) is 0 Å². The Labute approximate surface area is 190 Å². The molecular weight excluding hydrogens is 448 g/mol. The molecule has 0 saturated carbocycles. The highest BCUT2D eigenvalue weighted by Crippen LogP contribution is 2.36. The number of hydrogen-bond acceptors (Lipinski definition) is 6. The van der Waals surface area contributed by atoms with E-state index in [9.17, 15) is 13.2 Å². The molecule has 5 rings (SSSR count). The first kappa shape index (κ1) is 21.0. The van der Waals surface area contributed by atoms with Gasteiger partial charge in [-0.1, -0.05) is 18.2 Å². The minimum atomic E-state index is -3.80. The fourth-order valence-corrected chi connectivity index (χ4v) is 6.00. The van der Waals surface area contributed by atoms with Gasteiger partial charge in [0.1, 0.15) is 0 Å². The Morgan fingerprint density at radius 1 is 1.09 bits per heavy atom. The van der Waals surface area contributed by atoms with Crippen LogP contribution >= 0.6 is 11.3 Å². The maximum atomic E-state index is 13.2. The molecule has 0 unspecified atom stereocenters. The standard InChI is InChI=1S/C23H22N2O5S2/c26-23(25-10-2-6-19(25)22-7-3-11-31-22)17-4-1-5-18(13-17)32(27,28)24-14-16-8-9-20-21(12-16)30-15-29-20/h1,3-5,7-9,11-13,19,24H,2,6,10,14-15H2/t19-/m1/s1. The molecule has 1 amide bonds. The molecular formula is C23H22N2O5S2. The molecule has 2 aliphatic heterocycles. The van der Waals surface area contributed by atoms with Crippen LogP contribution in [0.5, 0.6) is 11.5 Å². The molecule has 2 aliphatic rings. The van der Waals surface area contributed by atoms with Gasteiger partial charge in [0, 0.05) is 23.5 Å². The van der Waals surface area contributed by atoms with Gasteiger partial charge < -0.3 is 14.4 Å². The van der Waals surface area contributed by atoms with Crippen LogP contribution in [-0.4, -0.2) is 32.6 Å². The van der Waals surface area contributed by atoms with Crippen molar-refractivity contribution in [2.24, 2.45) is 0 Å². The maximum Gasteiger partial charge on any atom is 0.254 e. The van der Waals surface area contributed by atoms with Crippen LogP contribution in [0.3, 0.4) is 0 Å². The van der Waals surface area contributed by atoms with Crippen LogP contribution in [0.25, 0.3) is 0 Å². The fraction of sp³-hybridized carbons (Fsp3) is 0.261. The molecule has 0 spiro atoms. The lowest BCUT2D eigenvalue weighted by atomic mass is 10.1. The summed E-state index contributed by atoms with van der Waals surface area (Å²) >= 11 is 1.64. The zero-order chi connectivity index (χ0) is 22.1. The second-order valence-electron chi connectivity index (χ2n) is 7.71.